The highest BCUT2D eigenvalue weighted by molar-refractivity contribution is 5.89. The quantitative estimate of drug-likeness (QED) is 0.474. The van der Waals surface area contributed by atoms with E-state index >= 15 is 0 Å². The fourth-order valence-electron chi connectivity index (χ4n) is 2.79. The largest absolute Gasteiger partial charge is 0.486 e. The van der Waals surface area contributed by atoms with Gasteiger partial charge >= 0.3 is 5.97 Å². The molecule has 5 heteroatoms. The molecule has 0 saturated carbocycles. The molecule has 0 aromatic heterocycles. The van der Waals surface area contributed by atoms with Crippen LogP contribution in [-0.4, -0.2) is 24.8 Å². The van der Waals surface area contributed by atoms with Gasteiger partial charge in [-0.25, -0.2) is 9.18 Å². The van der Waals surface area contributed by atoms with Crippen molar-refractivity contribution in [2.24, 2.45) is 0 Å². The van der Waals surface area contributed by atoms with E-state index in [2.05, 4.69) is 6.92 Å². The van der Waals surface area contributed by atoms with Gasteiger partial charge in [0.25, 0.3) is 0 Å². The van der Waals surface area contributed by atoms with Crippen LogP contribution in [0, 0.1) is 5.82 Å². The molecule has 0 heterocycles. The Morgan fingerprint density at radius 1 is 1.11 bits per heavy atom. The van der Waals surface area contributed by atoms with Gasteiger partial charge in [-0.2, -0.15) is 0 Å². The molecule has 0 saturated heterocycles. The van der Waals surface area contributed by atoms with Gasteiger partial charge in [0.15, 0.2) is 11.6 Å². The Balaban J connectivity index is 1.88. The first-order chi connectivity index (χ1) is 13.5. The molecule has 4 nitrogen and oxygen atoms in total. The van der Waals surface area contributed by atoms with Crippen LogP contribution in [0.2, 0.25) is 0 Å². The third-order valence-electron chi connectivity index (χ3n) is 4.38. The minimum absolute atomic E-state index is 0.101. The van der Waals surface area contributed by atoms with Crippen LogP contribution in [-0.2, 0) is 16.1 Å². The van der Waals surface area contributed by atoms with Crippen LogP contribution in [0.15, 0.2) is 48.5 Å². The maximum absolute atomic E-state index is 14.3. The van der Waals surface area contributed by atoms with Crippen molar-refractivity contribution in [1.29, 1.82) is 0 Å². The molecule has 0 fully saturated rings. The standard InChI is InChI=1S/C23H29FO4/c1-4-9-17(3)28-20(5-2)16-27-23(25)19-12-13-22(21(24)14-19)26-15-18-10-7-6-8-11-18/h6-8,10-14,17,20H,4-5,9,15-16H2,1-3H3/t17?,20-/m0/s1. The van der Waals surface area contributed by atoms with E-state index in [0.29, 0.717) is 0 Å². The number of carbonyl (C=O) groups is 1. The topological polar surface area (TPSA) is 44.8 Å². The fourth-order valence-corrected chi connectivity index (χ4v) is 2.79. The lowest BCUT2D eigenvalue weighted by molar-refractivity contribution is -0.0444. The summed E-state index contributed by atoms with van der Waals surface area (Å²) in [5.41, 5.74) is 1.09. The maximum atomic E-state index is 14.3. The molecule has 0 aliphatic carbocycles. The summed E-state index contributed by atoms with van der Waals surface area (Å²) in [4.78, 5) is 12.2. The van der Waals surface area contributed by atoms with Crippen molar-refractivity contribution in [3.05, 3.63) is 65.5 Å². The smallest absolute Gasteiger partial charge is 0.338 e. The van der Waals surface area contributed by atoms with Crippen LogP contribution in [0.25, 0.3) is 0 Å². The van der Waals surface area contributed by atoms with Crippen molar-refractivity contribution < 1.29 is 23.4 Å². The first kappa shape index (κ1) is 21.9. The number of benzene rings is 2. The lowest BCUT2D eigenvalue weighted by Crippen LogP contribution is -2.25. The highest BCUT2D eigenvalue weighted by atomic mass is 19.1. The zero-order valence-electron chi connectivity index (χ0n) is 16.8. The summed E-state index contributed by atoms with van der Waals surface area (Å²) in [6.45, 7) is 6.50. The summed E-state index contributed by atoms with van der Waals surface area (Å²) >= 11 is 0. The number of esters is 1. The molecule has 2 rings (SSSR count). The van der Waals surface area contributed by atoms with Crippen molar-refractivity contribution >= 4 is 5.97 Å². The second-order valence-electron chi connectivity index (χ2n) is 6.78. The number of ether oxygens (including phenoxy) is 3. The molecule has 0 aliphatic heterocycles. The van der Waals surface area contributed by atoms with E-state index in [4.69, 9.17) is 14.2 Å². The summed E-state index contributed by atoms with van der Waals surface area (Å²) < 4.78 is 31.0. The number of halogens is 1. The molecular formula is C23H29FO4. The molecule has 2 aromatic rings. The molecule has 28 heavy (non-hydrogen) atoms. The van der Waals surface area contributed by atoms with Gasteiger partial charge in [-0.15, -0.1) is 0 Å². The maximum Gasteiger partial charge on any atom is 0.338 e. The molecule has 2 atom stereocenters. The van der Waals surface area contributed by atoms with E-state index in [1.807, 2.05) is 44.2 Å². The van der Waals surface area contributed by atoms with E-state index < -0.39 is 11.8 Å². The van der Waals surface area contributed by atoms with Gasteiger partial charge in [0.1, 0.15) is 13.2 Å². The Bertz CT molecular complexity index is 733. The normalized spacial score (nSPS) is 13.0. The lowest BCUT2D eigenvalue weighted by atomic mass is 10.2. The van der Waals surface area contributed by atoms with E-state index in [1.165, 1.54) is 12.1 Å². The van der Waals surface area contributed by atoms with Crippen molar-refractivity contribution in [1.82, 2.24) is 0 Å². The molecule has 0 spiro atoms. The van der Waals surface area contributed by atoms with Crippen LogP contribution < -0.4 is 4.74 Å². The SMILES string of the molecule is CCCC(C)O[C@@H](CC)COC(=O)c1ccc(OCc2ccccc2)c(F)c1. The molecule has 0 amide bonds. The zero-order chi connectivity index (χ0) is 20.4. The highest BCUT2D eigenvalue weighted by Gasteiger charge is 2.16. The van der Waals surface area contributed by atoms with Crippen LogP contribution in [0.3, 0.4) is 0 Å². The Kier molecular flexibility index (Phi) is 8.95. The number of carbonyl (C=O) groups excluding carboxylic acids is 1. The minimum Gasteiger partial charge on any atom is -0.486 e. The van der Waals surface area contributed by atoms with Crippen LogP contribution >= 0.6 is 0 Å². The summed E-state index contributed by atoms with van der Waals surface area (Å²) in [7, 11) is 0. The number of rotatable bonds is 11. The van der Waals surface area contributed by atoms with E-state index in [0.717, 1.165) is 30.9 Å². The molecule has 152 valence electrons. The van der Waals surface area contributed by atoms with Crippen LogP contribution in [0.1, 0.15) is 56.0 Å². The fraction of sp³-hybridized carbons (Fsp3) is 0.435. The van der Waals surface area contributed by atoms with Crippen molar-refractivity contribution in [3.63, 3.8) is 0 Å². The molecule has 0 N–H and O–H groups in total. The first-order valence-corrected chi connectivity index (χ1v) is 9.82. The Morgan fingerprint density at radius 3 is 2.50 bits per heavy atom. The van der Waals surface area contributed by atoms with Crippen molar-refractivity contribution in [2.75, 3.05) is 6.61 Å². The second-order valence-corrected chi connectivity index (χ2v) is 6.78. The Morgan fingerprint density at radius 2 is 1.86 bits per heavy atom. The van der Waals surface area contributed by atoms with E-state index in [-0.39, 0.29) is 36.7 Å². The zero-order valence-corrected chi connectivity index (χ0v) is 16.8. The third-order valence-corrected chi connectivity index (χ3v) is 4.38. The van der Waals surface area contributed by atoms with Gasteiger partial charge in [-0.05, 0) is 43.5 Å². The monoisotopic (exact) mass is 388 g/mol. The van der Waals surface area contributed by atoms with Crippen molar-refractivity contribution in [2.45, 2.75) is 58.8 Å². The predicted octanol–water partition coefficient (Wildman–Crippen LogP) is 5.55. The Hall–Kier alpha value is -2.40. The van der Waals surface area contributed by atoms with Gasteiger partial charge in [0.2, 0.25) is 0 Å². The van der Waals surface area contributed by atoms with Gasteiger partial charge in [-0.3, -0.25) is 0 Å². The van der Waals surface area contributed by atoms with E-state index in [1.54, 1.807) is 0 Å². The van der Waals surface area contributed by atoms with Gasteiger partial charge in [-0.1, -0.05) is 50.6 Å². The van der Waals surface area contributed by atoms with Gasteiger partial charge in [0.05, 0.1) is 17.8 Å². The molecule has 0 radical (unpaired) electrons. The van der Waals surface area contributed by atoms with Crippen molar-refractivity contribution in [3.8, 4) is 5.75 Å². The molecule has 2 aromatic carbocycles. The minimum atomic E-state index is -0.592. The molecule has 0 aliphatic rings. The predicted molar refractivity (Wildman–Crippen MR) is 107 cm³/mol. The molecular weight excluding hydrogens is 359 g/mol. The number of hydrogen-bond acceptors (Lipinski definition) is 4. The Labute approximate surface area is 166 Å². The summed E-state index contributed by atoms with van der Waals surface area (Å²) in [6, 6.07) is 13.6. The molecule has 1 unspecified atom stereocenters. The third kappa shape index (κ3) is 6.97. The van der Waals surface area contributed by atoms with Crippen LogP contribution in [0.5, 0.6) is 5.75 Å². The average Bonchev–Trinajstić information content (AvgIpc) is 2.70. The van der Waals surface area contributed by atoms with Gasteiger partial charge < -0.3 is 14.2 Å². The molecule has 0 bridgehead atoms. The van der Waals surface area contributed by atoms with Gasteiger partial charge in [0, 0.05) is 0 Å². The summed E-state index contributed by atoms with van der Waals surface area (Å²) in [5, 5.41) is 0. The summed E-state index contributed by atoms with van der Waals surface area (Å²) in [5.74, 6) is -1.06. The lowest BCUT2D eigenvalue weighted by Gasteiger charge is -2.21. The average molecular weight is 388 g/mol. The van der Waals surface area contributed by atoms with Crippen LogP contribution in [0.4, 0.5) is 4.39 Å². The summed E-state index contributed by atoms with van der Waals surface area (Å²) in [6.07, 6.45) is 2.69. The second kappa shape index (κ2) is 11.4. The number of hydrogen-bond donors (Lipinski definition) is 0. The van der Waals surface area contributed by atoms with E-state index in [9.17, 15) is 9.18 Å². The highest BCUT2D eigenvalue weighted by Crippen LogP contribution is 2.20. The first-order valence-electron chi connectivity index (χ1n) is 9.82.